The third-order valence-corrected chi connectivity index (χ3v) is 2.28. The number of hydrogen-bond acceptors (Lipinski definition) is 3. The van der Waals surface area contributed by atoms with E-state index in [1.807, 2.05) is 17.5 Å². The Kier molecular flexibility index (Phi) is 2.43. The Labute approximate surface area is 64.3 Å². The average Bonchev–Trinajstić information content (AvgIpc) is 2.36. The first-order valence-corrected chi connectivity index (χ1v) is 4.07. The lowest BCUT2D eigenvalue weighted by molar-refractivity contribution is 0.157. The van der Waals surface area contributed by atoms with Crippen LogP contribution in [-0.4, -0.2) is 11.1 Å². The second kappa shape index (κ2) is 3.14. The summed E-state index contributed by atoms with van der Waals surface area (Å²) in [6, 6.07) is 3.61. The lowest BCUT2D eigenvalue weighted by Gasteiger charge is -2.11. The van der Waals surface area contributed by atoms with Gasteiger partial charge in [0.2, 0.25) is 0 Å². The molecule has 2 nitrogen and oxygen atoms in total. The van der Waals surface area contributed by atoms with Gasteiger partial charge in [0.15, 0.2) is 0 Å². The van der Waals surface area contributed by atoms with Crippen molar-refractivity contribution < 1.29 is 5.11 Å². The lowest BCUT2D eigenvalue weighted by Crippen LogP contribution is -2.23. The molecule has 0 bridgehead atoms. The Morgan fingerprint density at radius 3 is 2.80 bits per heavy atom. The molecule has 10 heavy (non-hydrogen) atoms. The topological polar surface area (TPSA) is 46.2 Å². The SMILES string of the molecule is C[C@@H](N)[C@@H](O)c1cccs1. The molecule has 0 fully saturated rings. The van der Waals surface area contributed by atoms with Gasteiger partial charge in [-0.2, -0.15) is 0 Å². The monoisotopic (exact) mass is 157 g/mol. The van der Waals surface area contributed by atoms with Crippen LogP contribution in [0.1, 0.15) is 17.9 Å². The fourth-order valence-corrected chi connectivity index (χ4v) is 1.54. The van der Waals surface area contributed by atoms with Gasteiger partial charge in [0.1, 0.15) is 6.10 Å². The fourth-order valence-electron chi connectivity index (χ4n) is 0.719. The minimum Gasteiger partial charge on any atom is -0.386 e. The zero-order valence-electron chi connectivity index (χ0n) is 5.82. The van der Waals surface area contributed by atoms with E-state index in [9.17, 15) is 5.11 Å². The molecule has 0 aromatic carbocycles. The maximum atomic E-state index is 9.37. The van der Waals surface area contributed by atoms with Crippen LogP contribution in [0, 0.1) is 0 Å². The van der Waals surface area contributed by atoms with Gasteiger partial charge in [-0.3, -0.25) is 0 Å². The summed E-state index contributed by atoms with van der Waals surface area (Å²) in [7, 11) is 0. The molecule has 0 spiro atoms. The van der Waals surface area contributed by atoms with Crippen molar-refractivity contribution in [1.82, 2.24) is 0 Å². The highest BCUT2D eigenvalue weighted by Gasteiger charge is 2.11. The standard InChI is InChI=1S/C7H11NOS/c1-5(8)7(9)6-3-2-4-10-6/h2-5,7,9H,8H2,1H3/t5-,7-/m1/s1. The highest BCUT2D eigenvalue weighted by atomic mass is 32.1. The average molecular weight is 157 g/mol. The molecule has 3 N–H and O–H groups in total. The van der Waals surface area contributed by atoms with Crippen LogP contribution in [0.15, 0.2) is 17.5 Å². The molecule has 1 aromatic rings. The lowest BCUT2D eigenvalue weighted by atomic mass is 10.2. The van der Waals surface area contributed by atoms with Gasteiger partial charge in [-0.05, 0) is 18.4 Å². The summed E-state index contributed by atoms with van der Waals surface area (Å²) < 4.78 is 0. The van der Waals surface area contributed by atoms with Crippen molar-refractivity contribution in [3.63, 3.8) is 0 Å². The van der Waals surface area contributed by atoms with Crippen LogP contribution in [0.5, 0.6) is 0 Å². The van der Waals surface area contributed by atoms with Crippen molar-refractivity contribution >= 4 is 11.3 Å². The first kappa shape index (κ1) is 7.72. The summed E-state index contributed by atoms with van der Waals surface area (Å²) in [6.07, 6.45) is -0.500. The molecule has 2 atom stereocenters. The Balaban J connectivity index is 2.68. The normalized spacial score (nSPS) is 16.7. The molecule has 1 aromatic heterocycles. The van der Waals surface area contributed by atoms with Gasteiger partial charge in [0.05, 0.1) is 0 Å². The second-order valence-electron chi connectivity index (χ2n) is 2.32. The molecular weight excluding hydrogens is 146 g/mol. The smallest absolute Gasteiger partial charge is 0.103 e. The van der Waals surface area contributed by atoms with E-state index < -0.39 is 6.10 Å². The maximum absolute atomic E-state index is 9.37. The maximum Gasteiger partial charge on any atom is 0.103 e. The predicted octanol–water partition coefficient (Wildman–Crippen LogP) is 1.13. The van der Waals surface area contributed by atoms with Gasteiger partial charge < -0.3 is 10.8 Å². The van der Waals surface area contributed by atoms with Crippen LogP contribution < -0.4 is 5.73 Å². The van der Waals surface area contributed by atoms with Crippen molar-refractivity contribution in [3.05, 3.63) is 22.4 Å². The van der Waals surface area contributed by atoms with Crippen molar-refractivity contribution in [2.45, 2.75) is 19.1 Å². The molecule has 1 rings (SSSR count). The minimum atomic E-state index is -0.500. The fraction of sp³-hybridized carbons (Fsp3) is 0.429. The van der Waals surface area contributed by atoms with E-state index >= 15 is 0 Å². The molecule has 1 heterocycles. The number of aliphatic hydroxyl groups is 1. The van der Waals surface area contributed by atoms with Crippen LogP contribution in [0.3, 0.4) is 0 Å². The summed E-state index contributed by atoms with van der Waals surface area (Å²) in [5.41, 5.74) is 5.48. The number of nitrogens with two attached hydrogens (primary N) is 1. The molecule has 0 aliphatic heterocycles. The number of thiophene rings is 1. The summed E-state index contributed by atoms with van der Waals surface area (Å²) in [6.45, 7) is 1.80. The zero-order chi connectivity index (χ0) is 7.56. The molecule has 0 saturated heterocycles. The highest BCUT2D eigenvalue weighted by Crippen LogP contribution is 2.20. The highest BCUT2D eigenvalue weighted by molar-refractivity contribution is 7.10. The molecule has 0 aliphatic carbocycles. The van der Waals surface area contributed by atoms with E-state index in [1.54, 1.807) is 6.92 Å². The van der Waals surface area contributed by atoms with Gasteiger partial charge in [-0.1, -0.05) is 6.07 Å². The van der Waals surface area contributed by atoms with Gasteiger partial charge in [-0.15, -0.1) is 11.3 Å². The van der Waals surface area contributed by atoms with Crippen molar-refractivity contribution in [2.24, 2.45) is 5.73 Å². The van der Waals surface area contributed by atoms with Gasteiger partial charge in [0.25, 0.3) is 0 Å². The second-order valence-corrected chi connectivity index (χ2v) is 3.30. The molecular formula is C7H11NOS. The Morgan fingerprint density at radius 1 is 1.70 bits per heavy atom. The van der Waals surface area contributed by atoms with E-state index in [-0.39, 0.29) is 6.04 Å². The largest absolute Gasteiger partial charge is 0.386 e. The molecule has 0 aliphatic rings. The van der Waals surface area contributed by atoms with E-state index in [4.69, 9.17) is 5.73 Å². The van der Waals surface area contributed by atoms with Crippen LogP contribution in [-0.2, 0) is 0 Å². The van der Waals surface area contributed by atoms with E-state index in [0.29, 0.717) is 0 Å². The predicted molar refractivity (Wildman–Crippen MR) is 42.9 cm³/mol. The summed E-state index contributed by atoms with van der Waals surface area (Å²) in [5, 5.41) is 11.3. The van der Waals surface area contributed by atoms with Crippen LogP contribution in [0.4, 0.5) is 0 Å². The van der Waals surface area contributed by atoms with Gasteiger partial charge >= 0.3 is 0 Å². The first-order valence-electron chi connectivity index (χ1n) is 3.19. The van der Waals surface area contributed by atoms with E-state index in [2.05, 4.69) is 0 Å². The van der Waals surface area contributed by atoms with Crippen molar-refractivity contribution in [3.8, 4) is 0 Å². The quantitative estimate of drug-likeness (QED) is 0.676. The van der Waals surface area contributed by atoms with Crippen LogP contribution in [0.25, 0.3) is 0 Å². The molecule has 56 valence electrons. The number of hydrogen-bond donors (Lipinski definition) is 2. The number of rotatable bonds is 2. The first-order chi connectivity index (χ1) is 4.72. The molecule has 0 saturated carbocycles. The third-order valence-electron chi connectivity index (χ3n) is 1.33. The Hall–Kier alpha value is -0.380. The zero-order valence-corrected chi connectivity index (χ0v) is 6.64. The summed E-state index contributed by atoms with van der Waals surface area (Å²) in [5.74, 6) is 0. The molecule has 0 amide bonds. The third kappa shape index (κ3) is 1.56. The van der Waals surface area contributed by atoms with Crippen LogP contribution >= 0.6 is 11.3 Å². The van der Waals surface area contributed by atoms with E-state index in [1.165, 1.54) is 11.3 Å². The molecule has 0 unspecified atom stereocenters. The molecule has 0 radical (unpaired) electrons. The van der Waals surface area contributed by atoms with Gasteiger partial charge in [-0.25, -0.2) is 0 Å². The van der Waals surface area contributed by atoms with Gasteiger partial charge in [0, 0.05) is 10.9 Å². The minimum absolute atomic E-state index is 0.182. The number of aliphatic hydroxyl groups excluding tert-OH is 1. The van der Waals surface area contributed by atoms with E-state index in [0.717, 1.165) is 4.88 Å². The van der Waals surface area contributed by atoms with Crippen LogP contribution in [0.2, 0.25) is 0 Å². The molecule has 3 heteroatoms. The van der Waals surface area contributed by atoms with Crippen molar-refractivity contribution in [1.29, 1.82) is 0 Å². The Morgan fingerprint density at radius 2 is 2.40 bits per heavy atom. The van der Waals surface area contributed by atoms with Crippen molar-refractivity contribution in [2.75, 3.05) is 0 Å². The Bertz CT molecular complexity index is 183. The summed E-state index contributed by atoms with van der Waals surface area (Å²) in [4.78, 5) is 0.940. The summed E-state index contributed by atoms with van der Waals surface area (Å²) >= 11 is 1.53.